The summed E-state index contributed by atoms with van der Waals surface area (Å²) in [5.41, 5.74) is 1.46. The highest BCUT2D eigenvalue weighted by Crippen LogP contribution is 2.15. The molecule has 3 heterocycles. The quantitative estimate of drug-likeness (QED) is 0.641. The van der Waals surface area contributed by atoms with Crippen LogP contribution >= 0.6 is 11.8 Å². The number of thioether (sulfide) groups is 1. The molecule has 2 aromatic rings. The predicted octanol–water partition coefficient (Wildman–Crippen LogP) is 1.30. The van der Waals surface area contributed by atoms with Crippen molar-refractivity contribution in [2.75, 3.05) is 18.8 Å². The highest BCUT2D eigenvalue weighted by molar-refractivity contribution is 7.99. The van der Waals surface area contributed by atoms with Crippen molar-refractivity contribution in [1.82, 2.24) is 25.2 Å². The van der Waals surface area contributed by atoms with E-state index in [1.807, 2.05) is 13.0 Å². The minimum atomic E-state index is -0.0752. The van der Waals surface area contributed by atoms with Crippen LogP contribution in [0.15, 0.2) is 41.9 Å². The summed E-state index contributed by atoms with van der Waals surface area (Å²) in [5.74, 6) is 0.140. The number of nitrogens with zero attached hydrogens (tertiary/aromatic N) is 4. The molecule has 2 aromatic heterocycles. The lowest BCUT2D eigenvalue weighted by Gasteiger charge is -2.17. The van der Waals surface area contributed by atoms with Crippen LogP contribution in [0.25, 0.3) is 0 Å². The van der Waals surface area contributed by atoms with Crippen LogP contribution in [0.5, 0.6) is 0 Å². The number of rotatable bonds is 5. The van der Waals surface area contributed by atoms with Crippen LogP contribution in [0.3, 0.4) is 0 Å². The number of hydrogen-bond acceptors (Lipinski definition) is 6. The summed E-state index contributed by atoms with van der Waals surface area (Å²) in [6, 6.07) is 5.32. The molecule has 1 aliphatic rings. The zero-order valence-corrected chi connectivity index (χ0v) is 14.7. The van der Waals surface area contributed by atoms with E-state index in [9.17, 15) is 9.59 Å². The number of carbonyl (C=O) groups excluding carboxylic acids is 2. The van der Waals surface area contributed by atoms with Crippen molar-refractivity contribution in [3.05, 3.63) is 48.0 Å². The Morgan fingerprint density at radius 1 is 1.28 bits per heavy atom. The highest BCUT2D eigenvalue weighted by Gasteiger charge is 2.28. The summed E-state index contributed by atoms with van der Waals surface area (Å²) < 4.78 is 0. The molecule has 1 fully saturated rings. The number of aromatic nitrogens is 3. The summed E-state index contributed by atoms with van der Waals surface area (Å²) >= 11 is 1.29. The molecule has 7 nitrogen and oxygen atoms in total. The molecule has 25 heavy (non-hydrogen) atoms. The molecule has 3 rings (SSSR count). The maximum Gasteiger partial charge on any atom is 0.255 e. The first kappa shape index (κ1) is 17.3. The average molecular weight is 357 g/mol. The van der Waals surface area contributed by atoms with E-state index in [0.717, 1.165) is 12.1 Å². The van der Waals surface area contributed by atoms with Gasteiger partial charge in [-0.1, -0.05) is 11.8 Å². The van der Waals surface area contributed by atoms with Crippen molar-refractivity contribution >= 4 is 23.6 Å². The first-order chi connectivity index (χ1) is 12.1. The molecule has 130 valence electrons. The second kappa shape index (κ2) is 8.06. The number of pyridine rings is 1. The van der Waals surface area contributed by atoms with E-state index in [0.29, 0.717) is 23.8 Å². The van der Waals surface area contributed by atoms with Gasteiger partial charge in [0, 0.05) is 43.4 Å². The second-order valence-electron chi connectivity index (χ2n) is 5.81. The van der Waals surface area contributed by atoms with Gasteiger partial charge in [0.2, 0.25) is 5.91 Å². The lowest BCUT2D eigenvalue weighted by molar-refractivity contribution is -0.119. The topological polar surface area (TPSA) is 88.1 Å². The Labute approximate surface area is 150 Å². The lowest BCUT2D eigenvalue weighted by Crippen LogP contribution is -2.39. The molecule has 8 heteroatoms. The molecule has 0 aliphatic carbocycles. The van der Waals surface area contributed by atoms with E-state index in [1.54, 1.807) is 35.6 Å². The van der Waals surface area contributed by atoms with E-state index in [4.69, 9.17) is 0 Å². The molecule has 1 saturated heterocycles. The Morgan fingerprint density at radius 3 is 2.80 bits per heavy atom. The number of aryl methyl sites for hydroxylation is 1. The van der Waals surface area contributed by atoms with Crippen molar-refractivity contribution in [3.8, 4) is 0 Å². The zero-order chi connectivity index (χ0) is 17.6. The van der Waals surface area contributed by atoms with E-state index >= 15 is 0 Å². The standard InChI is InChI=1S/C17H19N5O2S/c1-12-3-4-13(9-20-12)16(24)22-8-5-14(10-22)21-15(23)11-25-17-18-6-2-7-19-17/h2-4,6-7,9,14H,5,8,10-11H2,1H3,(H,21,23)/t14-/m1/s1. The maximum absolute atomic E-state index is 12.5. The molecule has 1 N–H and O–H groups in total. The molecule has 0 bridgehead atoms. The van der Waals surface area contributed by atoms with Gasteiger partial charge in [0.15, 0.2) is 5.16 Å². The predicted molar refractivity (Wildman–Crippen MR) is 94.2 cm³/mol. The van der Waals surface area contributed by atoms with Crippen molar-refractivity contribution < 1.29 is 9.59 Å². The summed E-state index contributed by atoms with van der Waals surface area (Å²) in [7, 11) is 0. The van der Waals surface area contributed by atoms with Crippen LogP contribution in [0.1, 0.15) is 22.5 Å². The van der Waals surface area contributed by atoms with E-state index in [2.05, 4.69) is 20.3 Å². The van der Waals surface area contributed by atoms with Crippen LogP contribution in [0, 0.1) is 6.92 Å². The third kappa shape index (κ3) is 4.76. The smallest absolute Gasteiger partial charge is 0.255 e. The molecular weight excluding hydrogens is 338 g/mol. The van der Waals surface area contributed by atoms with E-state index in [-0.39, 0.29) is 23.6 Å². The number of amides is 2. The SMILES string of the molecule is Cc1ccc(C(=O)N2CC[C@@H](NC(=O)CSc3ncccn3)C2)cn1. The van der Waals surface area contributed by atoms with E-state index in [1.165, 1.54) is 11.8 Å². The van der Waals surface area contributed by atoms with Gasteiger partial charge < -0.3 is 10.2 Å². The third-order valence-electron chi connectivity index (χ3n) is 3.87. The second-order valence-corrected chi connectivity index (χ2v) is 6.76. The molecule has 2 amide bonds. The fraction of sp³-hybridized carbons (Fsp3) is 0.353. The lowest BCUT2D eigenvalue weighted by atomic mass is 10.2. The van der Waals surface area contributed by atoms with Gasteiger partial charge >= 0.3 is 0 Å². The average Bonchev–Trinajstić information content (AvgIpc) is 3.09. The van der Waals surface area contributed by atoms with Crippen LogP contribution in [0.2, 0.25) is 0 Å². The molecule has 0 radical (unpaired) electrons. The van der Waals surface area contributed by atoms with Crippen molar-refractivity contribution in [1.29, 1.82) is 0 Å². The van der Waals surface area contributed by atoms with Gasteiger partial charge in [-0.25, -0.2) is 9.97 Å². The first-order valence-corrected chi connectivity index (χ1v) is 9.01. The summed E-state index contributed by atoms with van der Waals surface area (Å²) in [4.78, 5) is 38.6. The van der Waals surface area contributed by atoms with Gasteiger partial charge in [-0.2, -0.15) is 0 Å². The fourth-order valence-corrected chi connectivity index (χ4v) is 3.21. The van der Waals surface area contributed by atoms with Gasteiger partial charge in [0.25, 0.3) is 5.91 Å². The monoisotopic (exact) mass is 357 g/mol. The van der Waals surface area contributed by atoms with Gasteiger partial charge in [0.1, 0.15) is 0 Å². The minimum Gasteiger partial charge on any atom is -0.351 e. The number of carbonyl (C=O) groups is 2. The Morgan fingerprint density at radius 2 is 2.08 bits per heavy atom. The van der Waals surface area contributed by atoms with Gasteiger partial charge in [-0.05, 0) is 31.5 Å². The normalized spacial score (nSPS) is 16.7. The largest absolute Gasteiger partial charge is 0.351 e. The Bertz CT molecular complexity index is 738. The first-order valence-electron chi connectivity index (χ1n) is 8.03. The third-order valence-corrected chi connectivity index (χ3v) is 4.75. The maximum atomic E-state index is 12.5. The van der Waals surface area contributed by atoms with Gasteiger partial charge in [-0.15, -0.1) is 0 Å². The van der Waals surface area contributed by atoms with Gasteiger partial charge in [0.05, 0.1) is 11.3 Å². The Hall–Kier alpha value is -2.48. The fourth-order valence-electron chi connectivity index (χ4n) is 2.60. The van der Waals surface area contributed by atoms with Crippen LogP contribution in [-0.4, -0.2) is 56.6 Å². The summed E-state index contributed by atoms with van der Waals surface area (Å²) in [6.07, 6.45) is 5.64. The van der Waals surface area contributed by atoms with Crippen molar-refractivity contribution in [2.45, 2.75) is 24.5 Å². The van der Waals surface area contributed by atoms with E-state index < -0.39 is 0 Å². The summed E-state index contributed by atoms with van der Waals surface area (Å²) in [5, 5.41) is 3.55. The van der Waals surface area contributed by atoms with Crippen molar-refractivity contribution in [3.63, 3.8) is 0 Å². The van der Waals surface area contributed by atoms with Crippen LogP contribution < -0.4 is 5.32 Å². The number of likely N-dealkylation sites (tertiary alicyclic amines) is 1. The molecule has 0 saturated carbocycles. The molecule has 1 atom stereocenters. The molecular formula is C17H19N5O2S. The molecule has 0 unspecified atom stereocenters. The molecule has 0 aromatic carbocycles. The summed E-state index contributed by atoms with van der Waals surface area (Å²) in [6.45, 7) is 3.03. The number of hydrogen-bond donors (Lipinski definition) is 1. The van der Waals surface area contributed by atoms with Crippen LogP contribution in [-0.2, 0) is 4.79 Å². The Kier molecular flexibility index (Phi) is 5.60. The van der Waals surface area contributed by atoms with Gasteiger partial charge in [-0.3, -0.25) is 14.6 Å². The number of nitrogens with one attached hydrogen (secondary N) is 1. The molecule has 1 aliphatic heterocycles. The zero-order valence-electron chi connectivity index (χ0n) is 13.9. The highest BCUT2D eigenvalue weighted by atomic mass is 32.2. The Balaban J connectivity index is 1.46. The van der Waals surface area contributed by atoms with Crippen molar-refractivity contribution in [2.24, 2.45) is 0 Å². The van der Waals surface area contributed by atoms with Crippen LogP contribution in [0.4, 0.5) is 0 Å². The molecule has 0 spiro atoms. The minimum absolute atomic E-state index is 0.0212.